The van der Waals surface area contributed by atoms with Crippen LogP contribution in [0.5, 0.6) is 0 Å². The van der Waals surface area contributed by atoms with E-state index in [4.69, 9.17) is 4.74 Å². The molecule has 1 aliphatic rings. The Labute approximate surface area is 122 Å². The number of benzene rings is 1. The Bertz CT molecular complexity index is 440. The van der Waals surface area contributed by atoms with Gasteiger partial charge in [-0.3, -0.25) is 4.79 Å². The minimum absolute atomic E-state index is 0.150. The monoisotopic (exact) mass is 297 g/mol. The normalized spacial score (nSPS) is 27.6. The van der Waals surface area contributed by atoms with Crippen molar-refractivity contribution in [2.45, 2.75) is 30.6 Å². The van der Waals surface area contributed by atoms with Crippen LogP contribution in [-0.2, 0) is 16.1 Å². The molecule has 0 aromatic heterocycles. The molecule has 1 saturated heterocycles. The van der Waals surface area contributed by atoms with Crippen LogP contribution in [0, 0.1) is 0 Å². The first-order chi connectivity index (χ1) is 9.03. The van der Waals surface area contributed by atoms with Crippen LogP contribution in [-0.4, -0.2) is 34.6 Å². The third kappa shape index (κ3) is 3.46. The summed E-state index contributed by atoms with van der Waals surface area (Å²) in [6, 6.07) is 10.0. The molecule has 0 N–H and O–H groups in total. The minimum Gasteiger partial charge on any atom is -0.375 e. The number of carbonyl (C=O) groups is 1. The van der Waals surface area contributed by atoms with E-state index in [2.05, 4.69) is 0 Å². The Hall–Kier alpha value is -0.650. The Morgan fingerprint density at radius 1 is 1.37 bits per heavy atom. The first-order valence-corrected chi connectivity index (χ1v) is 8.48. The summed E-state index contributed by atoms with van der Waals surface area (Å²) in [6.45, 7) is 4.99. The fraction of sp³-hybridized carbons (Fsp3) is 0.500. The topological polar surface area (TPSA) is 29.5 Å². The van der Waals surface area contributed by atoms with Crippen molar-refractivity contribution in [3.05, 3.63) is 35.9 Å². The smallest absolute Gasteiger partial charge is 0.242 e. The van der Waals surface area contributed by atoms with E-state index in [0.717, 1.165) is 5.56 Å². The fourth-order valence-electron chi connectivity index (χ4n) is 1.84. The van der Waals surface area contributed by atoms with Crippen molar-refractivity contribution < 1.29 is 9.53 Å². The number of ether oxygens (including phenoxy) is 1. The zero-order valence-electron chi connectivity index (χ0n) is 11.5. The molecule has 1 amide bonds. The van der Waals surface area contributed by atoms with Crippen LogP contribution in [0.3, 0.4) is 0 Å². The number of rotatable bonds is 4. The van der Waals surface area contributed by atoms with Gasteiger partial charge < -0.3 is 9.64 Å². The van der Waals surface area contributed by atoms with E-state index in [9.17, 15) is 4.79 Å². The van der Waals surface area contributed by atoms with Crippen molar-refractivity contribution in [2.24, 2.45) is 0 Å². The van der Waals surface area contributed by atoms with E-state index < -0.39 is 4.75 Å². The Morgan fingerprint density at radius 3 is 2.74 bits per heavy atom. The summed E-state index contributed by atoms with van der Waals surface area (Å²) >= 11 is 0. The summed E-state index contributed by atoms with van der Waals surface area (Å²) in [7, 11) is 5.20. The molecule has 0 saturated carbocycles. The summed E-state index contributed by atoms with van der Waals surface area (Å²) in [4.78, 5) is 14.1. The van der Waals surface area contributed by atoms with Gasteiger partial charge >= 0.3 is 0 Å². The minimum atomic E-state index is -0.485. The third-order valence-corrected chi connectivity index (χ3v) is 6.76. The summed E-state index contributed by atoms with van der Waals surface area (Å²) in [5.41, 5.74) is 1.13. The summed E-state index contributed by atoms with van der Waals surface area (Å²) in [5.74, 6) is 0.150. The van der Waals surface area contributed by atoms with E-state index in [0.29, 0.717) is 13.2 Å². The van der Waals surface area contributed by atoms with E-state index in [-0.39, 0.29) is 11.3 Å². The maximum absolute atomic E-state index is 12.3. The first kappa shape index (κ1) is 14.8. The van der Waals surface area contributed by atoms with Gasteiger partial charge in [-0.05, 0) is 19.4 Å². The Balaban J connectivity index is 1.90. The molecule has 1 aromatic rings. The second-order valence-corrected chi connectivity index (χ2v) is 7.92. The second-order valence-electron chi connectivity index (χ2n) is 4.90. The molecule has 3 nitrogen and oxygen atoms in total. The van der Waals surface area contributed by atoms with Crippen LogP contribution in [0.15, 0.2) is 30.3 Å². The molecule has 1 heterocycles. The highest BCUT2D eigenvalue weighted by atomic mass is 33.1. The van der Waals surface area contributed by atoms with Crippen molar-refractivity contribution in [1.82, 2.24) is 4.90 Å². The standard InChI is InChI=1S/C14H19NO2S2/c1-11-15(3)13(16)14(2,19-18-11)10-17-9-12-7-5-4-6-8-12/h4-8,11H,9-10H2,1-3H3/t11-,14+/m1/s1. The molecular weight excluding hydrogens is 278 g/mol. The van der Waals surface area contributed by atoms with Gasteiger partial charge in [-0.1, -0.05) is 51.9 Å². The SMILES string of the molecule is C[C@H]1SS[C@@](C)(COCc2ccccc2)C(=O)N1C. The average molecular weight is 297 g/mol. The molecule has 104 valence electrons. The first-order valence-electron chi connectivity index (χ1n) is 6.26. The molecule has 0 radical (unpaired) electrons. The summed E-state index contributed by atoms with van der Waals surface area (Å²) in [5, 5.41) is 0.222. The van der Waals surface area contributed by atoms with Crippen LogP contribution in [0.1, 0.15) is 19.4 Å². The molecule has 0 unspecified atom stereocenters. The van der Waals surface area contributed by atoms with Gasteiger partial charge in [0.25, 0.3) is 0 Å². The lowest BCUT2D eigenvalue weighted by molar-refractivity contribution is -0.134. The largest absolute Gasteiger partial charge is 0.375 e. The van der Waals surface area contributed by atoms with Crippen molar-refractivity contribution in [1.29, 1.82) is 0 Å². The van der Waals surface area contributed by atoms with Crippen LogP contribution < -0.4 is 0 Å². The molecule has 1 aliphatic heterocycles. The number of nitrogens with zero attached hydrogens (tertiary/aromatic N) is 1. The average Bonchev–Trinajstić information content (AvgIpc) is 2.43. The van der Waals surface area contributed by atoms with E-state index in [1.807, 2.05) is 51.2 Å². The van der Waals surface area contributed by atoms with Crippen LogP contribution in [0.2, 0.25) is 0 Å². The van der Waals surface area contributed by atoms with E-state index in [1.165, 1.54) is 0 Å². The lowest BCUT2D eigenvalue weighted by Crippen LogP contribution is -2.51. The van der Waals surface area contributed by atoms with Crippen LogP contribution in [0.4, 0.5) is 0 Å². The van der Waals surface area contributed by atoms with E-state index >= 15 is 0 Å². The van der Waals surface area contributed by atoms with Gasteiger partial charge in [-0.25, -0.2) is 0 Å². The summed E-state index contributed by atoms with van der Waals surface area (Å²) < 4.78 is 5.25. The molecule has 2 rings (SSSR count). The Morgan fingerprint density at radius 2 is 2.05 bits per heavy atom. The van der Waals surface area contributed by atoms with Gasteiger partial charge in [0.2, 0.25) is 5.91 Å². The number of hydrogen-bond acceptors (Lipinski definition) is 4. The summed E-state index contributed by atoms with van der Waals surface area (Å²) in [6.07, 6.45) is 0. The van der Waals surface area contributed by atoms with Crippen LogP contribution >= 0.6 is 21.6 Å². The van der Waals surface area contributed by atoms with Crippen molar-refractivity contribution >= 4 is 27.5 Å². The van der Waals surface area contributed by atoms with Gasteiger partial charge in [0.1, 0.15) is 4.75 Å². The molecule has 1 fully saturated rings. The highest BCUT2D eigenvalue weighted by Crippen LogP contribution is 2.45. The number of hydrogen-bond donors (Lipinski definition) is 0. The molecular formula is C14H19NO2S2. The predicted molar refractivity (Wildman–Crippen MR) is 81.9 cm³/mol. The van der Waals surface area contributed by atoms with Crippen molar-refractivity contribution in [3.63, 3.8) is 0 Å². The van der Waals surface area contributed by atoms with Crippen molar-refractivity contribution in [2.75, 3.05) is 13.7 Å². The molecule has 0 aliphatic carbocycles. The molecule has 0 bridgehead atoms. The zero-order chi connectivity index (χ0) is 13.9. The van der Waals surface area contributed by atoms with Gasteiger partial charge in [-0.15, -0.1) is 0 Å². The highest BCUT2D eigenvalue weighted by molar-refractivity contribution is 8.77. The quantitative estimate of drug-likeness (QED) is 0.799. The molecule has 2 atom stereocenters. The molecule has 19 heavy (non-hydrogen) atoms. The van der Waals surface area contributed by atoms with Gasteiger partial charge in [0.05, 0.1) is 18.6 Å². The Kier molecular flexibility index (Phi) is 4.81. The fourth-order valence-corrected chi connectivity index (χ4v) is 4.56. The predicted octanol–water partition coefficient (Wildman–Crippen LogP) is 3.16. The lowest BCUT2D eigenvalue weighted by atomic mass is 10.1. The highest BCUT2D eigenvalue weighted by Gasteiger charge is 2.43. The maximum Gasteiger partial charge on any atom is 0.242 e. The zero-order valence-corrected chi connectivity index (χ0v) is 13.1. The maximum atomic E-state index is 12.3. The lowest BCUT2D eigenvalue weighted by Gasteiger charge is -2.39. The molecule has 5 heteroatoms. The van der Waals surface area contributed by atoms with Crippen molar-refractivity contribution in [3.8, 4) is 0 Å². The number of amides is 1. The molecule has 0 spiro atoms. The van der Waals surface area contributed by atoms with E-state index in [1.54, 1.807) is 26.5 Å². The van der Waals surface area contributed by atoms with Gasteiger partial charge in [0.15, 0.2) is 0 Å². The molecule has 1 aromatic carbocycles. The van der Waals surface area contributed by atoms with Gasteiger partial charge in [0, 0.05) is 7.05 Å². The van der Waals surface area contributed by atoms with Gasteiger partial charge in [-0.2, -0.15) is 0 Å². The second kappa shape index (κ2) is 6.20. The van der Waals surface area contributed by atoms with Crippen LogP contribution in [0.25, 0.3) is 0 Å². The third-order valence-electron chi connectivity index (χ3n) is 3.18. The number of carbonyl (C=O) groups excluding carboxylic acids is 1.